The van der Waals surface area contributed by atoms with E-state index in [9.17, 15) is 18.0 Å². The molecule has 34 heavy (non-hydrogen) atoms. The normalized spacial score (nSPS) is 11.3. The van der Waals surface area contributed by atoms with E-state index in [0.717, 1.165) is 12.6 Å². The molecule has 182 valence electrons. The van der Waals surface area contributed by atoms with E-state index < -0.39 is 28.5 Å². The van der Waals surface area contributed by atoms with Crippen molar-refractivity contribution >= 4 is 23.2 Å². The first kappa shape index (κ1) is 25.2. The standard InChI is InChI=1S/C23H23ClF3N3O4/c1-4-32-17-11-6-14(12-18(17)33-5-2)13-34-16-9-7-15(8-10-16)28-22(31)20-19(24)21(23(25,26)27)30(3)29-20/h6-12H,4-5,13H2,1-3H3,(H,28,31). The molecule has 0 aliphatic heterocycles. The second-order valence-corrected chi connectivity index (χ2v) is 7.42. The largest absolute Gasteiger partial charge is 0.490 e. The number of hydrogen-bond acceptors (Lipinski definition) is 5. The molecule has 0 fully saturated rings. The van der Waals surface area contributed by atoms with Gasteiger partial charge in [0.15, 0.2) is 22.9 Å². The first-order valence-corrected chi connectivity index (χ1v) is 10.7. The Bertz CT molecular complexity index is 1150. The third-order valence-corrected chi connectivity index (χ3v) is 4.96. The lowest BCUT2D eigenvalue weighted by molar-refractivity contribution is -0.143. The number of carbonyl (C=O) groups excluding carboxylic acids is 1. The molecule has 0 saturated heterocycles. The van der Waals surface area contributed by atoms with Gasteiger partial charge in [0.25, 0.3) is 5.91 Å². The monoisotopic (exact) mass is 497 g/mol. The fourth-order valence-corrected chi connectivity index (χ4v) is 3.48. The molecule has 3 aromatic rings. The molecule has 1 amide bonds. The van der Waals surface area contributed by atoms with Gasteiger partial charge in [0.1, 0.15) is 17.4 Å². The predicted octanol–water partition coefficient (Wildman–Crippen LogP) is 5.72. The number of rotatable bonds is 9. The molecule has 7 nitrogen and oxygen atoms in total. The summed E-state index contributed by atoms with van der Waals surface area (Å²) in [5, 5.41) is 5.32. The number of benzene rings is 2. The van der Waals surface area contributed by atoms with Crippen LogP contribution in [-0.2, 0) is 19.8 Å². The second-order valence-electron chi connectivity index (χ2n) is 7.05. The van der Waals surface area contributed by atoms with Crippen LogP contribution in [0.4, 0.5) is 18.9 Å². The van der Waals surface area contributed by atoms with Gasteiger partial charge >= 0.3 is 6.18 Å². The van der Waals surface area contributed by atoms with E-state index in [1.165, 1.54) is 0 Å². The fourth-order valence-electron chi connectivity index (χ4n) is 3.13. The third-order valence-electron chi connectivity index (χ3n) is 4.60. The summed E-state index contributed by atoms with van der Waals surface area (Å²) in [6.45, 7) is 5.06. The number of aryl methyl sites for hydroxylation is 1. The van der Waals surface area contributed by atoms with Crippen molar-refractivity contribution in [2.75, 3.05) is 18.5 Å². The fraction of sp³-hybridized carbons (Fsp3) is 0.304. The summed E-state index contributed by atoms with van der Waals surface area (Å²) in [6.07, 6.45) is -4.73. The van der Waals surface area contributed by atoms with Gasteiger partial charge in [0, 0.05) is 12.7 Å². The number of nitrogens with zero attached hydrogens (tertiary/aromatic N) is 2. The van der Waals surface area contributed by atoms with Crippen LogP contribution in [0, 0.1) is 0 Å². The zero-order valence-corrected chi connectivity index (χ0v) is 19.5. The minimum Gasteiger partial charge on any atom is -0.490 e. The van der Waals surface area contributed by atoms with Crippen molar-refractivity contribution in [3.8, 4) is 17.2 Å². The summed E-state index contributed by atoms with van der Waals surface area (Å²) in [4.78, 5) is 12.4. The third kappa shape index (κ3) is 5.93. The van der Waals surface area contributed by atoms with E-state index >= 15 is 0 Å². The average Bonchev–Trinajstić information content (AvgIpc) is 3.09. The Hall–Kier alpha value is -3.40. The Balaban J connectivity index is 1.64. The maximum Gasteiger partial charge on any atom is 0.434 e. The second kappa shape index (κ2) is 10.7. The van der Waals surface area contributed by atoms with Crippen LogP contribution in [0.25, 0.3) is 0 Å². The number of hydrogen-bond donors (Lipinski definition) is 1. The van der Waals surface area contributed by atoms with Crippen LogP contribution in [-0.4, -0.2) is 28.9 Å². The SMILES string of the molecule is CCOc1ccc(COc2ccc(NC(=O)c3nn(C)c(C(F)(F)F)c3Cl)cc2)cc1OCC. The number of aromatic nitrogens is 2. The average molecular weight is 498 g/mol. The molecule has 0 unspecified atom stereocenters. The number of amides is 1. The van der Waals surface area contributed by atoms with E-state index in [4.69, 9.17) is 25.8 Å². The molecular formula is C23H23ClF3N3O4. The molecule has 0 saturated carbocycles. The highest BCUT2D eigenvalue weighted by Crippen LogP contribution is 2.36. The lowest BCUT2D eigenvalue weighted by Crippen LogP contribution is -2.13. The summed E-state index contributed by atoms with van der Waals surface area (Å²) in [7, 11) is 1.07. The molecule has 0 atom stereocenters. The maximum atomic E-state index is 13.1. The number of ether oxygens (including phenoxy) is 3. The molecule has 0 spiro atoms. The van der Waals surface area contributed by atoms with Gasteiger partial charge in [0.05, 0.1) is 13.2 Å². The number of alkyl halides is 3. The molecular weight excluding hydrogens is 475 g/mol. The summed E-state index contributed by atoms with van der Waals surface area (Å²) in [5.41, 5.74) is -0.496. The van der Waals surface area contributed by atoms with Crippen molar-refractivity contribution in [2.24, 2.45) is 7.05 Å². The minimum absolute atomic E-state index is 0.266. The molecule has 0 bridgehead atoms. The Kier molecular flexibility index (Phi) is 7.93. The van der Waals surface area contributed by atoms with Gasteiger partial charge in [-0.05, 0) is 55.8 Å². The number of anilines is 1. The lowest BCUT2D eigenvalue weighted by Gasteiger charge is -2.13. The van der Waals surface area contributed by atoms with Crippen molar-refractivity contribution in [1.29, 1.82) is 0 Å². The topological polar surface area (TPSA) is 74.6 Å². The first-order valence-electron chi connectivity index (χ1n) is 10.4. The highest BCUT2D eigenvalue weighted by atomic mass is 35.5. The lowest BCUT2D eigenvalue weighted by atomic mass is 10.2. The highest BCUT2D eigenvalue weighted by molar-refractivity contribution is 6.34. The van der Waals surface area contributed by atoms with Crippen molar-refractivity contribution in [2.45, 2.75) is 26.6 Å². The van der Waals surface area contributed by atoms with E-state index in [1.807, 2.05) is 32.0 Å². The van der Waals surface area contributed by atoms with Gasteiger partial charge in [-0.25, -0.2) is 0 Å². The van der Waals surface area contributed by atoms with Gasteiger partial charge < -0.3 is 19.5 Å². The van der Waals surface area contributed by atoms with Crippen LogP contribution in [0.1, 0.15) is 35.6 Å². The smallest absolute Gasteiger partial charge is 0.434 e. The Morgan fingerprint density at radius 2 is 1.68 bits per heavy atom. The molecule has 1 aromatic heterocycles. The van der Waals surface area contributed by atoms with Crippen molar-refractivity contribution in [3.05, 3.63) is 64.4 Å². The number of carbonyl (C=O) groups is 1. The summed E-state index contributed by atoms with van der Waals surface area (Å²) in [5.74, 6) is 0.955. The highest BCUT2D eigenvalue weighted by Gasteiger charge is 2.40. The van der Waals surface area contributed by atoms with Crippen LogP contribution in [0.15, 0.2) is 42.5 Å². The van der Waals surface area contributed by atoms with Crippen molar-refractivity contribution in [1.82, 2.24) is 9.78 Å². The molecule has 0 aliphatic carbocycles. The molecule has 2 aromatic carbocycles. The van der Waals surface area contributed by atoms with Gasteiger partial charge in [-0.1, -0.05) is 17.7 Å². The number of nitrogens with one attached hydrogen (secondary N) is 1. The molecule has 1 N–H and O–H groups in total. The zero-order chi connectivity index (χ0) is 24.9. The van der Waals surface area contributed by atoms with Crippen LogP contribution < -0.4 is 19.5 Å². The van der Waals surface area contributed by atoms with Crippen LogP contribution >= 0.6 is 11.6 Å². The van der Waals surface area contributed by atoms with Crippen molar-refractivity contribution < 1.29 is 32.2 Å². The summed E-state index contributed by atoms with van der Waals surface area (Å²) >= 11 is 5.76. The van der Waals surface area contributed by atoms with Crippen LogP contribution in [0.5, 0.6) is 17.2 Å². The Labute approximate surface area is 199 Å². The first-order chi connectivity index (χ1) is 16.1. The quantitative estimate of drug-likeness (QED) is 0.409. The molecule has 11 heteroatoms. The van der Waals surface area contributed by atoms with E-state index in [0.29, 0.717) is 40.8 Å². The molecule has 0 aliphatic rings. The summed E-state index contributed by atoms with van der Waals surface area (Å²) < 4.78 is 56.7. The maximum absolute atomic E-state index is 13.1. The van der Waals surface area contributed by atoms with E-state index in [1.54, 1.807) is 24.3 Å². The van der Waals surface area contributed by atoms with Gasteiger partial charge in [0.2, 0.25) is 0 Å². The Morgan fingerprint density at radius 1 is 1.03 bits per heavy atom. The predicted molar refractivity (Wildman–Crippen MR) is 121 cm³/mol. The molecule has 3 rings (SSSR count). The minimum atomic E-state index is -4.73. The van der Waals surface area contributed by atoms with Crippen LogP contribution in [0.2, 0.25) is 5.02 Å². The molecule has 1 heterocycles. The zero-order valence-electron chi connectivity index (χ0n) is 18.7. The molecule has 0 radical (unpaired) electrons. The van der Waals surface area contributed by atoms with E-state index in [2.05, 4.69) is 10.4 Å². The number of halogens is 4. The van der Waals surface area contributed by atoms with Gasteiger partial charge in [-0.2, -0.15) is 18.3 Å². The van der Waals surface area contributed by atoms with Gasteiger partial charge in [-0.3, -0.25) is 9.48 Å². The Morgan fingerprint density at radius 3 is 2.26 bits per heavy atom. The van der Waals surface area contributed by atoms with Gasteiger partial charge in [-0.15, -0.1) is 0 Å². The summed E-state index contributed by atoms with van der Waals surface area (Å²) in [6, 6.07) is 11.9. The van der Waals surface area contributed by atoms with E-state index in [-0.39, 0.29) is 6.61 Å². The van der Waals surface area contributed by atoms with Crippen molar-refractivity contribution in [3.63, 3.8) is 0 Å². The van der Waals surface area contributed by atoms with Crippen LogP contribution in [0.3, 0.4) is 0 Å².